The van der Waals surface area contributed by atoms with Gasteiger partial charge in [0.2, 0.25) is 0 Å². The maximum absolute atomic E-state index is 2.44. The molecule has 10 aromatic rings. The van der Waals surface area contributed by atoms with Gasteiger partial charge in [-0.1, -0.05) is 164 Å². The van der Waals surface area contributed by atoms with Crippen LogP contribution in [0.2, 0.25) is 0 Å². The Kier molecular flexibility index (Phi) is 7.85. The van der Waals surface area contributed by atoms with Crippen LogP contribution in [0.3, 0.4) is 0 Å². The number of rotatable bonds is 7. The third-order valence-electron chi connectivity index (χ3n) is 10.6. The van der Waals surface area contributed by atoms with Gasteiger partial charge in [0, 0.05) is 33.4 Å². The fourth-order valence-electron chi connectivity index (χ4n) is 8.04. The van der Waals surface area contributed by atoms with Crippen molar-refractivity contribution in [3.8, 4) is 39.1 Å². The molecule has 0 unspecified atom stereocenters. The Labute approximate surface area is 315 Å². The highest BCUT2D eigenvalue weighted by Crippen LogP contribution is 2.41. The first-order valence-electron chi connectivity index (χ1n) is 18.5. The lowest BCUT2D eigenvalue weighted by Crippen LogP contribution is -2.09. The average Bonchev–Trinajstić information content (AvgIpc) is 3.60. The van der Waals surface area contributed by atoms with Crippen LogP contribution in [0.15, 0.2) is 218 Å². The molecule has 0 amide bonds. The lowest BCUT2D eigenvalue weighted by Gasteiger charge is -2.26. The molecule has 1 heterocycles. The maximum atomic E-state index is 2.44. The molecule has 0 aliphatic heterocycles. The largest absolute Gasteiger partial charge is 0.310 e. The Hall–Kier alpha value is -7.16. The number of hydrogen-bond donors (Lipinski definition) is 0. The Bertz CT molecular complexity index is 2910. The predicted molar refractivity (Wildman–Crippen MR) is 229 cm³/mol. The molecule has 0 aliphatic rings. The van der Waals surface area contributed by atoms with Crippen molar-refractivity contribution in [2.45, 2.75) is 0 Å². The molecule has 0 saturated carbocycles. The smallest absolute Gasteiger partial charge is 0.0547 e. The van der Waals surface area contributed by atoms with Crippen LogP contribution in [0.5, 0.6) is 0 Å². The van der Waals surface area contributed by atoms with Gasteiger partial charge >= 0.3 is 0 Å². The minimum absolute atomic E-state index is 1.10. The molecule has 2 heteroatoms. The van der Waals surface area contributed by atoms with Crippen molar-refractivity contribution in [2.24, 2.45) is 0 Å². The molecule has 0 N–H and O–H groups in total. The molecule has 2 nitrogen and oxygen atoms in total. The van der Waals surface area contributed by atoms with E-state index in [1.54, 1.807) is 0 Å². The maximum Gasteiger partial charge on any atom is 0.0547 e. The minimum Gasteiger partial charge on any atom is -0.310 e. The Morgan fingerprint density at radius 3 is 1.67 bits per heavy atom. The summed E-state index contributed by atoms with van der Waals surface area (Å²) in [6.07, 6.45) is 0. The van der Waals surface area contributed by atoms with Crippen molar-refractivity contribution in [1.29, 1.82) is 0 Å². The van der Waals surface area contributed by atoms with E-state index in [4.69, 9.17) is 0 Å². The van der Waals surface area contributed by atoms with Gasteiger partial charge in [-0.05, 0) is 93.2 Å². The zero-order valence-electron chi connectivity index (χ0n) is 29.7. The second-order valence-electron chi connectivity index (χ2n) is 13.8. The van der Waals surface area contributed by atoms with Gasteiger partial charge in [-0.15, -0.1) is 0 Å². The Morgan fingerprint density at radius 1 is 0.315 bits per heavy atom. The molecule has 0 fully saturated rings. The average molecular weight is 689 g/mol. The fraction of sp³-hybridized carbons (Fsp3) is 0. The summed E-state index contributed by atoms with van der Waals surface area (Å²) >= 11 is 0. The van der Waals surface area contributed by atoms with Crippen molar-refractivity contribution in [1.82, 2.24) is 4.57 Å². The molecule has 10 rings (SSSR count). The lowest BCUT2D eigenvalue weighted by molar-refractivity contribution is 1.18. The molecule has 1 aromatic heterocycles. The van der Waals surface area contributed by atoms with Gasteiger partial charge in [0.1, 0.15) is 0 Å². The van der Waals surface area contributed by atoms with Crippen molar-refractivity contribution in [3.63, 3.8) is 0 Å². The summed E-state index contributed by atoms with van der Waals surface area (Å²) in [7, 11) is 0. The molecule has 0 atom stereocenters. The highest BCUT2D eigenvalue weighted by molar-refractivity contribution is 6.21. The van der Waals surface area contributed by atoms with Crippen LogP contribution in [0, 0.1) is 0 Å². The molecule has 254 valence electrons. The van der Waals surface area contributed by atoms with Crippen LogP contribution in [-0.4, -0.2) is 4.57 Å². The molecule has 0 saturated heterocycles. The number of fused-ring (bicyclic) bond motifs is 5. The third-order valence-corrected chi connectivity index (χ3v) is 10.6. The van der Waals surface area contributed by atoms with Gasteiger partial charge in [0.05, 0.1) is 16.7 Å². The first-order valence-corrected chi connectivity index (χ1v) is 18.5. The van der Waals surface area contributed by atoms with Crippen molar-refractivity contribution < 1.29 is 0 Å². The molecule has 0 radical (unpaired) electrons. The third kappa shape index (κ3) is 5.53. The monoisotopic (exact) mass is 688 g/mol. The first-order chi connectivity index (χ1) is 26.8. The number of aromatic nitrogens is 1. The topological polar surface area (TPSA) is 8.17 Å². The van der Waals surface area contributed by atoms with E-state index in [1.165, 1.54) is 66.0 Å². The quantitative estimate of drug-likeness (QED) is 0.162. The molecule has 54 heavy (non-hydrogen) atoms. The standard InChI is InChI=1S/C52H36N2/c1-3-14-37(15-4-1)38-26-28-39(29-27-38)42-17-13-20-45(36-42)53(43-18-5-2-6-19-43)44-33-30-41(31-34-44)46-21-9-11-24-49(46)54-50-25-12-10-23-48(50)52-47-22-8-7-16-40(47)32-35-51(52)54/h1-36H. The summed E-state index contributed by atoms with van der Waals surface area (Å²) in [6.45, 7) is 0. The van der Waals surface area contributed by atoms with Crippen molar-refractivity contribution >= 4 is 49.6 Å². The SMILES string of the molecule is c1ccc(-c2ccc(-c3cccc(N(c4ccccc4)c4ccc(-c5ccccc5-n5c6ccccc6c6c7ccccc7ccc65)cc4)c3)cc2)cc1. The van der Waals surface area contributed by atoms with E-state index in [1.807, 2.05) is 0 Å². The molecule has 9 aromatic carbocycles. The van der Waals surface area contributed by atoms with Crippen molar-refractivity contribution in [2.75, 3.05) is 4.90 Å². The van der Waals surface area contributed by atoms with Crippen LogP contribution in [0.4, 0.5) is 17.1 Å². The van der Waals surface area contributed by atoms with Gasteiger partial charge in [0.15, 0.2) is 0 Å². The fourth-order valence-corrected chi connectivity index (χ4v) is 8.04. The predicted octanol–water partition coefficient (Wildman–Crippen LogP) is 14.4. The van der Waals surface area contributed by atoms with E-state index in [-0.39, 0.29) is 0 Å². The van der Waals surface area contributed by atoms with E-state index < -0.39 is 0 Å². The molecule has 0 spiro atoms. The van der Waals surface area contributed by atoms with E-state index in [0.717, 1.165) is 22.7 Å². The summed E-state index contributed by atoms with van der Waals surface area (Å²) in [4.78, 5) is 2.34. The first kappa shape index (κ1) is 31.6. The zero-order valence-corrected chi connectivity index (χ0v) is 29.7. The highest BCUT2D eigenvalue weighted by atomic mass is 15.1. The van der Waals surface area contributed by atoms with Crippen molar-refractivity contribution in [3.05, 3.63) is 218 Å². The normalized spacial score (nSPS) is 11.3. The summed E-state index contributed by atoms with van der Waals surface area (Å²) in [5.74, 6) is 0. The number of para-hydroxylation sites is 3. The van der Waals surface area contributed by atoms with Crippen LogP contribution >= 0.6 is 0 Å². The van der Waals surface area contributed by atoms with E-state index >= 15 is 0 Å². The molecule has 0 bridgehead atoms. The second-order valence-corrected chi connectivity index (χ2v) is 13.8. The summed E-state index contributed by atoms with van der Waals surface area (Å²) in [5.41, 5.74) is 14.1. The van der Waals surface area contributed by atoms with Gasteiger partial charge in [-0.25, -0.2) is 0 Å². The summed E-state index contributed by atoms with van der Waals surface area (Å²) in [6, 6.07) is 78.7. The molecular weight excluding hydrogens is 653 g/mol. The van der Waals surface area contributed by atoms with E-state index in [9.17, 15) is 0 Å². The molecular formula is C52H36N2. The van der Waals surface area contributed by atoms with E-state index in [2.05, 4.69) is 228 Å². The van der Waals surface area contributed by atoms with Crippen LogP contribution in [-0.2, 0) is 0 Å². The van der Waals surface area contributed by atoms with Gasteiger partial charge in [0.25, 0.3) is 0 Å². The van der Waals surface area contributed by atoms with E-state index in [0.29, 0.717) is 0 Å². The summed E-state index contributed by atoms with van der Waals surface area (Å²) in [5, 5.41) is 5.09. The second kappa shape index (κ2) is 13.4. The number of anilines is 3. The number of benzene rings is 9. The van der Waals surface area contributed by atoms with Crippen LogP contribution in [0.25, 0.3) is 71.6 Å². The lowest BCUT2D eigenvalue weighted by atomic mass is 9.99. The highest BCUT2D eigenvalue weighted by Gasteiger charge is 2.18. The van der Waals surface area contributed by atoms with Gasteiger partial charge in [-0.3, -0.25) is 0 Å². The van der Waals surface area contributed by atoms with Crippen LogP contribution < -0.4 is 4.90 Å². The minimum atomic E-state index is 1.10. The van der Waals surface area contributed by atoms with Gasteiger partial charge < -0.3 is 9.47 Å². The van der Waals surface area contributed by atoms with Gasteiger partial charge in [-0.2, -0.15) is 0 Å². The number of hydrogen-bond acceptors (Lipinski definition) is 1. The Balaban J connectivity index is 1.05. The summed E-state index contributed by atoms with van der Waals surface area (Å²) < 4.78 is 2.44. The molecule has 0 aliphatic carbocycles. The Morgan fingerprint density at radius 2 is 0.870 bits per heavy atom. The zero-order chi connectivity index (χ0) is 35.8. The van der Waals surface area contributed by atoms with Crippen LogP contribution in [0.1, 0.15) is 0 Å². The number of nitrogens with zero attached hydrogens (tertiary/aromatic N) is 2.